The lowest BCUT2D eigenvalue weighted by Crippen LogP contribution is -2.38. The van der Waals surface area contributed by atoms with Gasteiger partial charge >= 0.3 is 0 Å². The summed E-state index contributed by atoms with van der Waals surface area (Å²) >= 11 is 1.82. The van der Waals surface area contributed by atoms with Crippen LogP contribution in [-0.2, 0) is 13.1 Å². The molecule has 0 radical (unpaired) electrons. The van der Waals surface area contributed by atoms with Gasteiger partial charge in [-0.05, 0) is 62.7 Å². The molecule has 2 N–H and O–H groups in total. The topological polar surface area (TPSA) is 54.0 Å². The molecule has 6 heteroatoms. The number of aliphatic hydroxyl groups excluding tert-OH is 1. The standard InChI is InChI=1S/C22H32N2O3S/c1-17-6-8-20(28-17)14-23-13-18-7-9-21(26-2)22(12-18)27-16-19(25)15-24-10-4-3-5-11-24/h6-9,12,19,23,25H,3-5,10-11,13-16H2,1-2H3/t19-/m1/s1. The Bertz CT molecular complexity index is 728. The molecular weight excluding hydrogens is 372 g/mol. The summed E-state index contributed by atoms with van der Waals surface area (Å²) in [4.78, 5) is 4.99. The normalized spacial score (nSPS) is 16.1. The third-order valence-corrected chi connectivity index (χ3v) is 6.00. The molecule has 2 aromatic rings. The molecule has 1 aliphatic heterocycles. The minimum Gasteiger partial charge on any atom is -0.493 e. The average molecular weight is 405 g/mol. The molecule has 1 aromatic carbocycles. The van der Waals surface area contributed by atoms with Crippen molar-refractivity contribution in [3.63, 3.8) is 0 Å². The number of likely N-dealkylation sites (tertiary alicyclic amines) is 1. The zero-order chi connectivity index (χ0) is 19.8. The van der Waals surface area contributed by atoms with Crippen molar-refractivity contribution in [2.24, 2.45) is 0 Å². The Morgan fingerprint density at radius 3 is 2.64 bits per heavy atom. The number of rotatable bonds is 10. The van der Waals surface area contributed by atoms with Crippen LogP contribution in [0.3, 0.4) is 0 Å². The number of methoxy groups -OCH3 is 1. The smallest absolute Gasteiger partial charge is 0.161 e. The number of thiophene rings is 1. The minimum absolute atomic E-state index is 0.276. The van der Waals surface area contributed by atoms with Crippen LogP contribution >= 0.6 is 11.3 Å². The third-order valence-electron chi connectivity index (χ3n) is 5.00. The van der Waals surface area contributed by atoms with Crippen molar-refractivity contribution in [2.45, 2.75) is 45.4 Å². The lowest BCUT2D eigenvalue weighted by atomic mass is 10.1. The number of piperidine rings is 1. The van der Waals surface area contributed by atoms with Crippen LogP contribution in [0.4, 0.5) is 0 Å². The first kappa shape index (κ1) is 21.1. The second-order valence-electron chi connectivity index (χ2n) is 7.43. The van der Waals surface area contributed by atoms with E-state index in [1.54, 1.807) is 7.11 Å². The molecule has 0 bridgehead atoms. The number of nitrogens with zero attached hydrogens (tertiary/aromatic N) is 1. The van der Waals surface area contributed by atoms with Crippen LogP contribution in [0.2, 0.25) is 0 Å². The molecule has 0 amide bonds. The van der Waals surface area contributed by atoms with Crippen LogP contribution in [-0.4, -0.2) is 49.5 Å². The van der Waals surface area contributed by atoms with Gasteiger partial charge in [0.2, 0.25) is 0 Å². The molecule has 3 rings (SSSR count). The van der Waals surface area contributed by atoms with Crippen LogP contribution in [0.25, 0.3) is 0 Å². The highest BCUT2D eigenvalue weighted by atomic mass is 32.1. The molecule has 154 valence electrons. The van der Waals surface area contributed by atoms with Crippen LogP contribution in [0, 0.1) is 6.92 Å². The summed E-state index contributed by atoms with van der Waals surface area (Å²) < 4.78 is 11.3. The Morgan fingerprint density at radius 1 is 1.11 bits per heavy atom. The number of aryl methyl sites for hydroxylation is 1. The molecule has 1 saturated heterocycles. The average Bonchev–Trinajstić information content (AvgIpc) is 3.12. The fourth-order valence-electron chi connectivity index (χ4n) is 3.53. The third kappa shape index (κ3) is 6.48. The Kier molecular flexibility index (Phi) is 8.15. The van der Waals surface area contributed by atoms with Gasteiger partial charge in [-0.3, -0.25) is 0 Å². The minimum atomic E-state index is -0.494. The lowest BCUT2D eigenvalue weighted by molar-refractivity contribution is 0.0608. The summed E-state index contributed by atoms with van der Waals surface area (Å²) in [5, 5.41) is 13.8. The number of β-amino-alcohol motifs (C(OH)–C–C–N with tert-alkyl or cyclic N) is 1. The maximum atomic E-state index is 10.3. The second kappa shape index (κ2) is 10.8. The molecule has 1 atom stereocenters. The van der Waals surface area contributed by atoms with Crippen LogP contribution < -0.4 is 14.8 Å². The van der Waals surface area contributed by atoms with Crippen molar-refractivity contribution in [1.82, 2.24) is 10.2 Å². The fraction of sp³-hybridized carbons (Fsp3) is 0.545. The molecular formula is C22H32N2O3S. The first-order valence-electron chi connectivity index (χ1n) is 10.1. The number of nitrogens with one attached hydrogen (secondary N) is 1. The van der Waals surface area contributed by atoms with Gasteiger partial charge in [0.25, 0.3) is 0 Å². The van der Waals surface area contributed by atoms with E-state index in [-0.39, 0.29) is 6.61 Å². The molecule has 2 heterocycles. The lowest BCUT2D eigenvalue weighted by Gasteiger charge is -2.28. The Labute approximate surface area is 172 Å². The van der Waals surface area contributed by atoms with E-state index in [1.807, 2.05) is 29.5 Å². The molecule has 0 aliphatic carbocycles. The molecule has 28 heavy (non-hydrogen) atoms. The van der Waals surface area contributed by atoms with E-state index >= 15 is 0 Å². The zero-order valence-electron chi connectivity index (χ0n) is 16.9. The predicted octanol–water partition coefficient (Wildman–Crippen LogP) is 3.58. The van der Waals surface area contributed by atoms with Crippen molar-refractivity contribution in [2.75, 3.05) is 33.4 Å². The van der Waals surface area contributed by atoms with E-state index in [2.05, 4.69) is 29.3 Å². The van der Waals surface area contributed by atoms with Gasteiger partial charge in [0.1, 0.15) is 12.7 Å². The molecule has 1 aliphatic rings. The SMILES string of the molecule is COc1ccc(CNCc2ccc(C)s2)cc1OC[C@H](O)CN1CCCCC1. The second-order valence-corrected chi connectivity index (χ2v) is 8.80. The Morgan fingerprint density at radius 2 is 1.93 bits per heavy atom. The molecule has 5 nitrogen and oxygen atoms in total. The summed E-state index contributed by atoms with van der Waals surface area (Å²) in [6.07, 6.45) is 3.25. The van der Waals surface area contributed by atoms with Crippen molar-refractivity contribution < 1.29 is 14.6 Å². The number of ether oxygens (including phenoxy) is 2. The first-order chi connectivity index (χ1) is 13.6. The van der Waals surface area contributed by atoms with Crippen molar-refractivity contribution in [3.05, 3.63) is 45.6 Å². The molecule has 0 saturated carbocycles. The summed E-state index contributed by atoms with van der Waals surface area (Å²) in [6.45, 7) is 6.84. The van der Waals surface area contributed by atoms with E-state index in [1.165, 1.54) is 29.0 Å². The molecule has 0 spiro atoms. The maximum Gasteiger partial charge on any atom is 0.161 e. The van der Waals surface area contributed by atoms with Crippen LogP contribution in [0.5, 0.6) is 11.5 Å². The van der Waals surface area contributed by atoms with Gasteiger partial charge in [0, 0.05) is 29.4 Å². The van der Waals surface area contributed by atoms with Gasteiger partial charge < -0.3 is 24.8 Å². The Balaban J connectivity index is 1.50. The zero-order valence-corrected chi connectivity index (χ0v) is 17.8. The number of aliphatic hydroxyl groups is 1. The molecule has 1 aromatic heterocycles. The quantitative estimate of drug-likeness (QED) is 0.634. The summed E-state index contributed by atoms with van der Waals surface area (Å²) in [7, 11) is 1.64. The van der Waals surface area contributed by atoms with E-state index in [9.17, 15) is 5.11 Å². The Hall–Kier alpha value is -1.60. The van der Waals surface area contributed by atoms with Gasteiger partial charge in [-0.25, -0.2) is 0 Å². The summed E-state index contributed by atoms with van der Waals surface area (Å²) in [5.41, 5.74) is 1.13. The van der Waals surface area contributed by atoms with E-state index in [0.717, 1.165) is 31.7 Å². The summed E-state index contributed by atoms with van der Waals surface area (Å²) in [5.74, 6) is 1.38. The molecule has 1 fully saturated rings. The first-order valence-corrected chi connectivity index (χ1v) is 10.9. The molecule has 0 unspecified atom stereocenters. The van der Waals surface area contributed by atoms with E-state index in [4.69, 9.17) is 9.47 Å². The maximum absolute atomic E-state index is 10.3. The monoisotopic (exact) mass is 404 g/mol. The van der Waals surface area contributed by atoms with Gasteiger partial charge in [-0.15, -0.1) is 11.3 Å². The largest absolute Gasteiger partial charge is 0.493 e. The van der Waals surface area contributed by atoms with Crippen LogP contribution in [0.1, 0.15) is 34.6 Å². The number of hydrogen-bond acceptors (Lipinski definition) is 6. The van der Waals surface area contributed by atoms with Crippen molar-refractivity contribution >= 4 is 11.3 Å². The van der Waals surface area contributed by atoms with Gasteiger partial charge in [0.05, 0.1) is 7.11 Å². The van der Waals surface area contributed by atoms with Crippen molar-refractivity contribution in [3.8, 4) is 11.5 Å². The highest BCUT2D eigenvalue weighted by molar-refractivity contribution is 7.11. The van der Waals surface area contributed by atoms with Gasteiger partial charge in [-0.1, -0.05) is 12.5 Å². The highest BCUT2D eigenvalue weighted by Gasteiger charge is 2.16. The number of benzene rings is 1. The number of hydrogen-bond donors (Lipinski definition) is 2. The van der Waals surface area contributed by atoms with Gasteiger partial charge in [0.15, 0.2) is 11.5 Å². The predicted molar refractivity (Wildman–Crippen MR) is 114 cm³/mol. The van der Waals surface area contributed by atoms with Gasteiger partial charge in [-0.2, -0.15) is 0 Å². The van der Waals surface area contributed by atoms with Crippen molar-refractivity contribution in [1.29, 1.82) is 0 Å². The van der Waals surface area contributed by atoms with E-state index in [0.29, 0.717) is 18.0 Å². The van der Waals surface area contributed by atoms with E-state index < -0.39 is 6.10 Å². The fourth-order valence-corrected chi connectivity index (χ4v) is 4.39. The summed E-state index contributed by atoms with van der Waals surface area (Å²) in [6, 6.07) is 10.3. The van der Waals surface area contributed by atoms with Crippen LogP contribution in [0.15, 0.2) is 30.3 Å². The highest BCUT2D eigenvalue weighted by Crippen LogP contribution is 2.28.